The third kappa shape index (κ3) is 4.04. The minimum absolute atomic E-state index is 0.0500. The number of nitrogens with zero attached hydrogens (tertiary/aromatic N) is 2. The fraction of sp³-hybridized carbons (Fsp3) is 0.600. The van der Waals surface area contributed by atoms with Gasteiger partial charge in [0, 0.05) is 5.46 Å². The predicted octanol–water partition coefficient (Wildman–Crippen LogP) is 1.48. The molecule has 2 heterocycles. The monoisotopic (exact) mass is 421 g/mol. The number of nitrogens with one attached hydrogen (secondary N) is 1. The van der Waals surface area contributed by atoms with Crippen LogP contribution in [0, 0.1) is 5.82 Å². The van der Waals surface area contributed by atoms with Gasteiger partial charge in [0.1, 0.15) is 12.4 Å². The normalized spacial score (nSPS) is 25.0. The van der Waals surface area contributed by atoms with Gasteiger partial charge < -0.3 is 24.3 Å². The average Bonchev–Trinajstić information content (AvgIpc) is 2.98. The molecule has 2 fully saturated rings. The van der Waals surface area contributed by atoms with Crippen molar-refractivity contribution in [3.8, 4) is 0 Å². The lowest BCUT2D eigenvalue weighted by atomic mass is 9.78. The SMILES string of the molecule is CN(C)CC(=O)N[C@]1(C)COC(=O)N1c1ccc(B2OC(C)(C)C(C)(C)O2)c(F)c1. The first kappa shape index (κ1) is 22.5. The van der Waals surface area contributed by atoms with Gasteiger partial charge in [0.2, 0.25) is 5.91 Å². The number of amides is 2. The molecule has 164 valence electrons. The highest BCUT2D eigenvalue weighted by Crippen LogP contribution is 2.37. The Hall–Kier alpha value is -2.17. The van der Waals surface area contributed by atoms with Crippen LogP contribution in [0.15, 0.2) is 18.2 Å². The zero-order chi connectivity index (χ0) is 22.5. The van der Waals surface area contributed by atoms with E-state index in [1.165, 1.54) is 17.0 Å². The Kier molecular flexibility index (Phi) is 5.64. The molecule has 8 nitrogen and oxygen atoms in total. The van der Waals surface area contributed by atoms with E-state index >= 15 is 4.39 Å². The zero-order valence-corrected chi connectivity index (χ0v) is 18.5. The number of hydrogen-bond acceptors (Lipinski definition) is 6. The number of rotatable bonds is 5. The maximum absolute atomic E-state index is 15.0. The van der Waals surface area contributed by atoms with Crippen LogP contribution in [0.3, 0.4) is 0 Å². The number of halogens is 1. The second-order valence-electron chi connectivity index (χ2n) is 9.24. The summed E-state index contributed by atoms with van der Waals surface area (Å²) in [6.07, 6.45) is -0.662. The zero-order valence-electron chi connectivity index (χ0n) is 18.5. The molecule has 1 atom stereocenters. The molecule has 1 aromatic carbocycles. The molecule has 2 aliphatic rings. The Balaban J connectivity index is 1.86. The summed E-state index contributed by atoms with van der Waals surface area (Å²) in [4.78, 5) is 27.6. The van der Waals surface area contributed by atoms with E-state index in [9.17, 15) is 9.59 Å². The maximum atomic E-state index is 15.0. The van der Waals surface area contributed by atoms with Crippen LogP contribution in [0.25, 0.3) is 0 Å². The standard InChI is InChI=1S/C20H29BFN3O5/c1-18(2)19(3,4)30-21(29-18)14-9-8-13(10-15(14)22)25-17(27)28-12-20(25,5)23-16(26)11-24(6)7/h8-10H,11-12H2,1-7H3,(H,23,26)/t20-/m0/s1. The highest BCUT2D eigenvalue weighted by Gasteiger charge is 2.53. The molecule has 0 aliphatic carbocycles. The molecular weight excluding hydrogens is 392 g/mol. The van der Waals surface area contributed by atoms with Gasteiger partial charge in [0.25, 0.3) is 0 Å². The van der Waals surface area contributed by atoms with E-state index in [0.717, 1.165) is 0 Å². The summed E-state index contributed by atoms with van der Waals surface area (Å²) < 4.78 is 32.0. The number of hydrogen-bond donors (Lipinski definition) is 1. The van der Waals surface area contributed by atoms with Gasteiger partial charge in [-0.25, -0.2) is 9.18 Å². The van der Waals surface area contributed by atoms with Gasteiger partial charge in [-0.2, -0.15) is 0 Å². The van der Waals surface area contributed by atoms with Crippen molar-refractivity contribution >= 4 is 30.3 Å². The minimum atomic E-state index is -1.14. The number of benzene rings is 1. The van der Waals surface area contributed by atoms with Crippen LogP contribution in [0.2, 0.25) is 0 Å². The Morgan fingerprint density at radius 1 is 1.20 bits per heavy atom. The third-order valence-corrected chi connectivity index (χ3v) is 5.77. The van der Waals surface area contributed by atoms with Crippen molar-refractivity contribution in [3.05, 3.63) is 24.0 Å². The Bertz CT molecular complexity index is 847. The molecule has 0 spiro atoms. The van der Waals surface area contributed by atoms with Gasteiger partial charge in [-0.3, -0.25) is 9.69 Å². The van der Waals surface area contributed by atoms with Gasteiger partial charge >= 0.3 is 13.2 Å². The molecule has 0 aromatic heterocycles. The Morgan fingerprint density at radius 2 is 1.80 bits per heavy atom. The molecule has 2 amide bonds. The van der Waals surface area contributed by atoms with Crippen LogP contribution in [-0.2, 0) is 18.8 Å². The van der Waals surface area contributed by atoms with Crippen molar-refractivity contribution in [2.75, 3.05) is 32.1 Å². The molecular formula is C20H29BFN3O5. The van der Waals surface area contributed by atoms with E-state index in [0.29, 0.717) is 0 Å². The highest BCUT2D eigenvalue weighted by molar-refractivity contribution is 6.62. The largest absolute Gasteiger partial charge is 0.497 e. The van der Waals surface area contributed by atoms with Crippen molar-refractivity contribution in [1.29, 1.82) is 0 Å². The third-order valence-electron chi connectivity index (χ3n) is 5.77. The Morgan fingerprint density at radius 3 is 2.33 bits per heavy atom. The Labute approximate surface area is 176 Å². The van der Waals surface area contributed by atoms with Crippen LogP contribution in [0.1, 0.15) is 34.6 Å². The summed E-state index contributed by atoms with van der Waals surface area (Å²) in [5.41, 5.74) is -1.83. The molecule has 0 unspecified atom stereocenters. The first-order valence-electron chi connectivity index (χ1n) is 9.83. The lowest BCUT2D eigenvalue weighted by molar-refractivity contribution is -0.123. The molecule has 1 aromatic rings. The van der Waals surface area contributed by atoms with E-state index in [4.69, 9.17) is 14.0 Å². The van der Waals surface area contributed by atoms with Crippen molar-refractivity contribution in [3.63, 3.8) is 0 Å². The second-order valence-corrected chi connectivity index (χ2v) is 9.24. The van der Waals surface area contributed by atoms with Crippen LogP contribution in [0.4, 0.5) is 14.9 Å². The van der Waals surface area contributed by atoms with Crippen molar-refractivity contribution in [1.82, 2.24) is 10.2 Å². The fourth-order valence-corrected chi connectivity index (χ4v) is 3.46. The van der Waals surface area contributed by atoms with E-state index in [1.807, 2.05) is 27.7 Å². The molecule has 0 saturated carbocycles. The molecule has 3 rings (SSSR count). The predicted molar refractivity (Wildman–Crippen MR) is 111 cm³/mol. The van der Waals surface area contributed by atoms with Crippen LogP contribution in [0.5, 0.6) is 0 Å². The minimum Gasteiger partial charge on any atom is -0.445 e. The lowest BCUT2D eigenvalue weighted by Gasteiger charge is -2.33. The molecule has 2 aliphatic heterocycles. The first-order valence-corrected chi connectivity index (χ1v) is 9.83. The van der Waals surface area contributed by atoms with E-state index in [-0.39, 0.29) is 30.2 Å². The smallest absolute Gasteiger partial charge is 0.445 e. The number of carbonyl (C=O) groups excluding carboxylic acids is 2. The first-order chi connectivity index (χ1) is 13.8. The van der Waals surface area contributed by atoms with Gasteiger partial charge in [0.05, 0.1) is 23.4 Å². The van der Waals surface area contributed by atoms with E-state index < -0.39 is 35.9 Å². The number of cyclic esters (lactones) is 1. The number of anilines is 1. The van der Waals surface area contributed by atoms with Crippen molar-refractivity contribution in [2.45, 2.75) is 51.5 Å². The number of carbonyl (C=O) groups is 2. The topological polar surface area (TPSA) is 80.3 Å². The van der Waals surface area contributed by atoms with Crippen LogP contribution in [-0.4, -0.2) is 68.1 Å². The van der Waals surface area contributed by atoms with Crippen molar-refractivity contribution in [2.24, 2.45) is 0 Å². The summed E-state index contributed by atoms with van der Waals surface area (Å²) in [6, 6.07) is 4.34. The quantitative estimate of drug-likeness (QED) is 0.726. The van der Waals surface area contributed by atoms with Crippen LogP contribution >= 0.6 is 0 Å². The molecule has 2 saturated heterocycles. The van der Waals surface area contributed by atoms with E-state index in [1.54, 1.807) is 32.0 Å². The molecule has 0 bridgehead atoms. The number of ether oxygens (including phenoxy) is 1. The van der Waals surface area contributed by atoms with Gasteiger partial charge in [-0.1, -0.05) is 6.07 Å². The molecule has 10 heteroatoms. The summed E-state index contributed by atoms with van der Waals surface area (Å²) >= 11 is 0. The fourth-order valence-electron chi connectivity index (χ4n) is 3.46. The lowest BCUT2D eigenvalue weighted by Crippen LogP contribution is -2.59. The average molecular weight is 421 g/mol. The highest BCUT2D eigenvalue weighted by atomic mass is 19.1. The molecule has 1 N–H and O–H groups in total. The molecule has 0 radical (unpaired) electrons. The maximum Gasteiger partial charge on any atom is 0.497 e. The van der Waals surface area contributed by atoms with Crippen LogP contribution < -0.4 is 15.7 Å². The summed E-state index contributed by atoms with van der Waals surface area (Å²) in [5.74, 6) is -0.854. The summed E-state index contributed by atoms with van der Waals surface area (Å²) in [5, 5.41) is 2.80. The molecule has 30 heavy (non-hydrogen) atoms. The summed E-state index contributed by atoms with van der Waals surface area (Å²) in [7, 11) is 2.67. The van der Waals surface area contributed by atoms with Gasteiger partial charge in [-0.05, 0) is 60.8 Å². The van der Waals surface area contributed by atoms with Gasteiger partial charge in [0.15, 0.2) is 5.66 Å². The summed E-state index contributed by atoms with van der Waals surface area (Å²) in [6.45, 7) is 9.31. The van der Waals surface area contributed by atoms with E-state index in [2.05, 4.69) is 5.32 Å². The second kappa shape index (κ2) is 7.51. The van der Waals surface area contributed by atoms with Crippen molar-refractivity contribution < 1.29 is 28.0 Å². The number of likely N-dealkylation sites (N-methyl/N-ethyl adjacent to an activating group) is 1. The van der Waals surface area contributed by atoms with Gasteiger partial charge in [-0.15, -0.1) is 0 Å².